The van der Waals surface area contributed by atoms with Crippen molar-refractivity contribution in [3.63, 3.8) is 0 Å². The number of nitrogens with zero attached hydrogens (tertiary/aromatic N) is 4. The lowest BCUT2D eigenvalue weighted by molar-refractivity contribution is 0.268. The van der Waals surface area contributed by atoms with Crippen LogP contribution >= 0.6 is 0 Å². The molecule has 0 aliphatic heterocycles. The highest BCUT2D eigenvalue weighted by Gasteiger charge is 2.03. The number of para-hydroxylation sites is 2. The molecule has 1 aromatic carbocycles. The first-order chi connectivity index (χ1) is 9.85. The summed E-state index contributed by atoms with van der Waals surface area (Å²) in [7, 11) is 0. The van der Waals surface area contributed by atoms with Gasteiger partial charge >= 0.3 is 0 Å². The predicted molar refractivity (Wildman–Crippen MR) is 73.7 cm³/mol. The molecule has 0 amide bonds. The summed E-state index contributed by atoms with van der Waals surface area (Å²) in [6, 6.07) is 7.94. The maximum atomic E-state index is 8.81. The standard InChI is InChI=1S/C13H16N6O/c20-6-5-19-9-10(17-18-19)7-14-8-13-15-11-3-1-2-4-12(11)16-13/h1-4,9,14,20H,5-8H2,(H,15,16). The van der Waals surface area contributed by atoms with E-state index < -0.39 is 0 Å². The summed E-state index contributed by atoms with van der Waals surface area (Å²) < 4.78 is 1.62. The van der Waals surface area contributed by atoms with Crippen molar-refractivity contribution >= 4 is 11.0 Å². The maximum absolute atomic E-state index is 8.81. The van der Waals surface area contributed by atoms with Crippen LogP contribution in [0.3, 0.4) is 0 Å². The first-order valence-corrected chi connectivity index (χ1v) is 6.49. The molecule has 0 saturated carbocycles. The van der Waals surface area contributed by atoms with Crippen molar-refractivity contribution in [3.05, 3.63) is 42.0 Å². The highest BCUT2D eigenvalue weighted by atomic mass is 16.3. The van der Waals surface area contributed by atoms with E-state index in [1.165, 1.54) is 0 Å². The molecule has 3 rings (SSSR count). The number of hydrogen-bond donors (Lipinski definition) is 3. The Morgan fingerprint density at radius 3 is 3.00 bits per heavy atom. The van der Waals surface area contributed by atoms with E-state index in [1.807, 2.05) is 30.5 Å². The van der Waals surface area contributed by atoms with Gasteiger partial charge in [0.1, 0.15) is 5.82 Å². The Labute approximate surface area is 115 Å². The van der Waals surface area contributed by atoms with E-state index in [0.29, 0.717) is 19.6 Å². The van der Waals surface area contributed by atoms with E-state index in [1.54, 1.807) is 4.68 Å². The molecule has 0 aliphatic carbocycles. The summed E-state index contributed by atoms with van der Waals surface area (Å²) >= 11 is 0. The number of aliphatic hydroxyl groups is 1. The zero-order valence-corrected chi connectivity index (χ0v) is 11.0. The summed E-state index contributed by atoms with van der Waals surface area (Å²) in [6.45, 7) is 1.79. The van der Waals surface area contributed by atoms with Crippen LogP contribution in [0.1, 0.15) is 11.5 Å². The Kier molecular flexibility index (Phi) is 3.71. The number of imidazole rings is 1. The largest absolute Gasteiger partial charge is 0.394 e. The molecule has 0 aliphatic rings. The van der Waals surface area contributed by atoms with Gasteiger partial charge in [0.25, 0.3) is 0 Å². The summed E-state index contributed by atoms with van der Waals surface area (Å²) in [5, 5.41) is 20.0. The molecule has 0 saturated heterocycles. The number of nitrogens with one attached hydrogen (secondary N) is 2. The Hall–Kier alpha value is -2.25. The van der Waals surface area contributed by atoms with Gasteiger partial charge in [-0.05, 0) is 12.1 Å². The van der Waals surface area contributed by atoms with Gasteiger partial charge < -0.3 is 15.4 Å². The number of aromatic nitrogens is 5. The highest BCUT2D eigenvalue weighted by Crippen LogP contribution is 2.09. The molecule has 7 nitrogen and oxygen atoms in total. The van der Waals surface area contributed by atoms with Gasteiger partial charge in [-0.2, -0.15) is 0 Å². The van der Waals surface area contributed by atoms with E-state index in [-0.39, 0.29) is 6.61 Å². The average molecular weight is 272 g/mol. The molecule has 20 heavy (non-hydrogen) atoms. The quantitative estimate of drug-likeness (QED) is 0.605. The predicted octanol–water partition coefficient (Wildman–Crippen LogP) is 0.436. The van der Waals surface area contributed by atoms with E-state index in [0.717, 1.165) is 22.6 Å². The van der Waals surface area contributed by atoms with Crippen LogP contribution in [0.15, 0.2) is 30.5 Å². The lowest BCUT2D eigenvalue weighted by atomic mass is 10.3. The Balaban J connectivity index is 1.56. The molecule has 104 valence electrons. The Morgan fingerprint density at radius 1 is 1.25 bits per heavy atom. The lowest BCUT2D eigenvalue weighted by Gasteiger charge is -1.98. The Bertz CT molecular complexity index is 656. The fourth-order valence-corrected chi connectivity index (χ4v) is 2.03. The molecule has 3 aromatic rings. The molecule has 7 heteroatoms. The minimum Gasteiger partial charge on any atom is -0.394 e. The minimum absolute atomic E-state index is 0.0647. The Morgan fingerprint density at radius 2 is 2.15 bits per heavy atom. The molecular weight excluding hydrogens is 256 g/mol. The number of benzene rings is 1. The zero-order valence-electron chi connectivity index (χ0n) is 11.0. The molecule has 0 unspecified atom stereocenters. The maximum Gasteiger partial charge on any atom is 0.121 e. The topological polar surface area (TPSA) is 91.7 Å². The van der Waals surface area contributed by atoms with Crippen molar-refractivity contribution in [1.82, 2.24) is 30.3 Å². The first-order valence-electron chi connectivity index (χ1n) is 6.49. The molecule has 0 radical (unpaired) electrons. The summed E-state index contributed by atoms with van der Waals surface area (Å²) in [6.07, 6.45) is 1.82. The molecule has 0 spiro atoms. The molecule has 0 atom stereocenters. The number of hydrogen-bond acceptors (Lipinski definition) is 5. The SMILES string of the molecule is OCCn1cc(CNCc2nc3ccccc3[nH]2)nn1. The first kappa shape index (κ1) is 12.8. The zero-order chi connectivity index (χ0) is 13.8. The number of fused-ring (bicyclic) bond motifs is 1. The van der Waals surface area contributed by atoms with Gasteiger partial charge in [-0.25, -0.2) is 9.67 Å². The van der Waals surface area contributed by atoms with Crippen molar-refractivity contribution in [2.24, 2.45) is 0 Å². The van der Waals surface area contributed by atoms with Gasteiger partial charge in [0.15, 0.2) is 0 Å². The van der Waals surface area contributed by atoms with Crippen molar-refractivity contribution in [2.75, 3.05) is 6.61 Å². The van der Waals surface area contributed by atoms with Gasteiger partial charge in [-0.15, -0.1) is 5.10 Å². The van der Waals surface area contributed by atoms with Gasteiger partial charge in [0, 0.05) is 12.7 Å². The highest BCUT2D eigenvalue weighted by molar-refractivity contribution is 5.74. The fourth-order valence-electron chi connectivity index (χ4n) is 2.03. The second kappa shape index (κ2) is 5.81. The lowest BCUT2D eigenvalue weighted by Crippen LogP contribution is -2.14. The van der Waals surface area contributed by atoms with Crippen LogP contribution in [0.5, 0.6) is 0 Å². The number of aliphatic hydroxyl groups excluding tert-OH is 1. The third-order valence-electron chi connectivity index (χ3n) is 2.95. The van der Waals surface area contributed by atoms with E-state index in [4.69, 9.17) is 5.11 Å². The molecule has 2 heterocycles. The van der Waals surface area contributed by atoms with E-state index in [2.05, 4.69) is 25.6 Å². The number of H-pyrrole nitrogens is 1. The minimum atomic E-state index is 0.0647. The fraction of sp³-hybridized carbons (Fsp3) is 0.308. The van der Waals surface area contributed by atoms with Crippen LogP contribution in [0.2, 0.25) is 0 Å². The summed E-state index contributed by atoms with van der Waals surface area (Å²) in [5.41, 5.74) is 2.85. The van der Waals surface area contributed by atoms with Gasteiger partial charge in [-0.3, -0.25) is 0 Å². The third kappa shape index (κ3) is 2.84. The van der Waals surface area contributed by atoms with Crippen molar-refractivity contribution < 1.29 is 5.11 Å². The van der Waals surface area contributed by atoms with Gasteiger partial charge in [0.05, 0.1) is 36.4 Å². The van der Waals surface area contributed by atoms with Gasteiger partial charge in [0.2, 0.25) is 0 Å². The van der Waals surface area contributed by atoms with Crippen LogP contribution < -0.4 is 5.32 Å². The second-order valence-electron chi connectivity index (χ2n) is 4.50. The van der Waals surface area contributed by atoms with Crippen LogP contribution in [-0.4, -0.2) is 36.7 Å². The molecule has 3 N–H and O–H groups in total. The number of rotatable bonds is 6. The second-order valence-corrected chi connectivity index (χ2v) is 4.50. The number of aromatic amines is 1. The van der Waals surface area contributed by atoms with Gasteiger partial charge in [-0.1, -0.05) is 17.3 Å². The summed E-state index contributed by atoms with van der Waals surface area (Å²) in [5.74, 6) is 0.897. The molecule has 2 aromatic heterocycles. The normalized spacial score (nSPS) is 11.2. The molecule has 0 bridgehead atoms. The van der Waals surface area contributed by atoms with Crippen molar-refractivity contribution in [2.45, 2.75) is 19.6 Å². The summed E-state index contributed by atoms with van der Waals surface area (Å²) in [4.78, 5) is 7.75. The van der Waals surface area contributed by atoms with Crippen molar-refractivity contribution in [3.8, 4) is 0 Å². The monoisotopic (exact) mass is 272 g/mol. The average Bonchev–Trinajstić information content (AvgIpc) is 3.05. The third-order valence-corrected chi connectivity index (χ3v) is 2.95. The van der Waals surface area contributed by atoms with Crippen LogP contribution in [-0.2, 0) is 19.6 Å². The van der Waals surface area contributed by atoms with Crippen LogP contribution in [0.25, 0.3) is 11.0 Å². The van der Waals surface area contributed by atoms with E-state index in [9.17, 15) is 0 Å². The molecule has 0 fully saturated rings. The van der Waals surface area contributed by atoms with Crippen LogP contribution in [0.4, 0.5) is 0 Å². The van der Waals surface area contributed by atoms with E-state index >= 15 is 0 Å². The smallest absolute Gasteiger partial charge is 0.121 e. The van der Waals surface area contributed by atoms with Crippen LogP contribution in [0, 0.1) is 0 Å². The van der Waals surface area contributed by atoms with Crippen molar-refractivity contribution in [1.29, 1.82) is 0 Å². The molecular formula is C13H16N6O.